The molecule has 0 spiro atoms. The molecule has 2 aliphatic rings. The quantitative estimate of drug-likeness (QED) is 0.400. The van der Waals surface area contributed by atoms with E-state index in [1.807, 2.05) is 21.9 Å². The Morgan fingerprint density at radius 2 is 1.42 bits per heavy atom. The molecule has 1 unspecified atom stereocenters. The molecular weight excluding hydrogens is 529 g/mol. The summed E-state index contributed by atoms with van der Waals surface area (Å²) in [7, 11) is 0. The lowest BCUT2D eigenvalue weighted by Gasteiger charge is -2.43. The lowest BCUT2D eigenvalue weighted by atomic mass is 10.1. The number of nitrogens with zero attached hydrogens (tertiary/aromatic N) is 4. The van der Waals surface area contributed by atoms with Crippen LogP contribution in [0, 0.1) is 0 Å². The topological polar surface area (TPSA) is 50.3 Å². The van der Waals surface area contributed by atoms with Gasteiger partial charge in [0.05, 0.1) is 31.6 Å². The minimum absolute atomic E-state index is 0.321. The summed E-state index contributed by atoms with van der Waals surface area (Å²) < 4.78 is 1.41. The maximum atomic E-state index is 12.4. The highest BCUT2D eigenvalue weighted by Crippen LogP contribution is 2.25. The van der Waals surface area contributed by atoms with Crippen molar-refractivity contribution in [2.75, 3.05) is 44.7 Å². The maximum Gasteiger partial charge on any atom is 0.328 e. The number of rotatable bonds is 11. The lowest BCUT2D eigenvalue weighted by molar-refractivity contribution is -0.142. The highest BCUT2D eigenvalue weighted by molar-refractivity contribution is 8.23. The molecule has 2 aromatic rings. The first-order valence-electron chi connectivity index (χ1n) is 12.1. The van der Waals surface area contributed by atoms with E-state index in [0.29, 0.717) is 24.2 Å². The van der Waals surface area contributed by atoms with Crippen molar-refractivity contribution in [3.05, 3.63) is 71.8 Å². The SMILES string of the molecule is O=C(O)C(CN1CN(CCc2ccccc2)CSC1=S)N1CN(CCCc2ccccc2)CSC1=S. The van der Waals surface area contributed by atoms with Crippen LogP contribution in [0.3, 0.4) is 0 Å². The third kappa shape index (κ3) is 7.90. The molecule has 2 saturated heterocycles. The van der Waals surface area contributed by atoms with Gasteiger partial charge in [0.15, 0.2) is 0 Å². The molecule has 4 rings (SSSR count). The minimum atomic E-state index is -0.863. The zero-order valence-corrected chi connectivity index (χ0v) is 23.5. The molecule has 192 valence electrons. The van der Waals surface area contributed by atoms with Crippen LogP contribution in [0.5, 0.6) is 0 Å². The van der Waals surface area contributed by atoms with Crippen molar-refractivity contribution in [2.45, 2.75) is 25.3 Å². The Hall–Kier alpha value is -1.69. The van der Waals surface area contributed by atoms with Gasteiger partial charge in [0.2, 0.25) is 0 Å². The van der Waals surface area contributed by atoms with E-state index in [1.165, 1.54) is 11.1 Å². The van der Waals surface area contributed by atoms with E-state index in [4.69, 9.17) is 24.4 Å². The van der Waals surface area contributed by atoms with Gasteiger partial charge in [0.25, 0.3) is 0 Å². The molecule has 0 saturated carbocycles. The second-order valence-corrected chi connectivity index (χ2v) is 12.2. The molecule has 0 aromatic heterocycles. The molecule has 0 aliphatic carbocycles. The summed E-state index contributed by atoms with van der Waals surface area (Å²) in [4.78, 5) is 20.9. The summed E-state index contributed by atoms with van der Waals surface area (Å²) in [6.45, 7) is 3.29. The van der Waals surface area contributed by atoms with Crippen molar-refractivity contribution < 1.29 is 9.90 Å². The molecule has 2 aliphatic heterocycles. The minimum Gasteiger partial charge on any atom is -0.480 e. The number of carboxylic acids is 1. The van der Waals surface area contributed by atoms with Gasteiger partial charge in [-0.05, 0) is 30.4 Å². The number of carbonyl (C=O) groups is 1. The van der Waals surface area contributed by atoms with E-state index < -0.39 is 12.0 Å². The van der Waals surface area contributed by atoms with Gasteiger partial charge in [-0.2, -0.15) is 0 Å². The Labute approximate surface area is 233 Å². The van der Waals surface area contributed by atoms with Crippen molar-refractivity contribution in [3.63, 3.8) is 0 Å². The molecule has 0 radical (unpaired) electrons. The molecule has 0 bridgehead atoms. The van der Waals surface area contributed by atoms with Gasteiger partial charge >= 0.3 is 5.97 Å². The third-order valence-corrected chi connectivity index (χ3v) is 9.53. The molecular formula is C26H32N4O2S4. The van der Waals surface area contributed by atoms with Crippen molar-refractivity contribution in [2.24, 2.45) is 0 Å². The summed E-state index contributed by atoms with van der Waals surface area (Å²) in [5.41, 5.74) is 2.62. The number of aryl methyl sites for hydroxylation is 1. The van der Waals surface area contributed by atoms with E-state index in [2.05, 4.69) is 58.3 Å². The first-order valence-corrected chi connectivity index (χ1v) is 14.9. The molecule has 2 heterocycles. The summed E-state index contributed by atoms with van der Waals surface area (Å²) in [6.07, 6.45) is 2.98. The summed E-state index contributed by atoms with van der Waals surface area (Å²) >= 11 is 14.4. The van der Waals surface area contributed by atoms with Gasteiger partial charge in [-0.1, -0.05) is 109 Å². The Morgan fingerprint density at radius 3 is 2.06 bits per heavy atom. The number of hydrogen-bond acceptors (Lipinski definition) is 7. The normalized spacial score (nSPS) is 18.4. The van der Waals surface area contributed by atoms with Crippen molar-refractivity contribution in [1.29, 1.82) is 0 Å². The number of hydrogen-bond donors (Lipinski definition) is 1. The second-order valence-electron chi connectivity index (χ2n) is 9.02. The van der Waals surface area contributed by atoms with Crippen LogP contribution in [0.1, 0.15) is 17.5 Å². The third-order valence-electron chi connectivity index (χ3n) is 6.35. The Kier molecular flexibility index (Phi) is 10.4. The van der Waals surface area contributed by atoms with Crippen molar-refractivity contribution >= 4 is 62.6 Å². The predicted octanol–water partition coefficient (Wildman–Crippen LogP) is 4.42. The fourth-order valence-corrected chi connectivity index (χ4v) is 6.66. The lowest BCUT2D eigenvalue weighted by Crippen LogP contribution is -2.58. The largest absolute Gasteiger partial charge is 0.480 e. The molecule has 1 atom stereocenters. The summed E-state index contributed by atoms with van der Waals surface area (Å²) in [5, 5.41) is 10.2. The number of thiocarbonyl (C=S) groups is 2. The van der Waals surface area contributed by atoms with E-state index in [-0.39, 0.29) is 0 Å². The van der Waals surface area contributed by atoms with E-state index in [0.717, 1.165) is 48.4 Å². The summed E-state index contributed by atoms with van der Waals surface area (Å²) in [5.74, 6) is 0.757. The summed E-state index contributed by atoms with van der Waals surface area (Å²) in [6, 6.07) is 20.1. The van der Waals surface area contributed by atoms with E-state index in [9.17, 15) is 9.90 Å². The van der Waals surface area contributed by atoms with E-state index in [1.54, 1.807) is 23.5 Å². The van der Waals surface area contributed by atoms with Crippen LogP contribution < -0.4 is 0 Å². The Balaban J connectivity index is 1.32. The van der Waals surface area contributed by atoms with Crippen molar-refractivity contribution in [3.8, 4) is 0 Å². The fraction of sp³-hybridized carbons (Fsp3) is 0.423. The van der Waals surface area contributed by atoms with Gasteiger partial charge in [0, 0.05) is 13.1 Å². The van der Waals surface area contributed by atoms with Crippen LogP contribution in [-0.4, -0.2) is 90.1 Å². The van der Waals surface area contributed by atoms with Gasteiger partial charge in [-0.15, -0.1) is 0 Å². The number of benzene rings is 2. The highest BCUT2D eigenvalue weighted by Gasteiger charge is 2.35. The standard InChI is InChI=1S/C26H32N4O2S4/c31-24(32)23(16-29-17-28(20-35-25(29)33)15-13-22-10-5-2-6-11-22)30-18-27(19-36-26(30)34)14-7-12-21-8-3-1-4-9-21/h1-6,8-11,23H,7,12-20H2,(H,31,32). The zero-order valence-electron chi connectivity index (χ0n) is 20.2. The average Bonchev–Trinajstić information content (AvgIpc) is 2.89. The predicted molar refractivity (Wildman–Crippen MR) is 158 cm³/mol. The fourth-order valence-electron chi connectivity index (χ4n) is 4.35. The van der Waals surface area contributed by atoms with Crippen LogP contribution in [-0.2, 0) is 17.6 Å². The van der Waals surface area contributed by atoms with Crippen molar-refractivity contribution in [1.82, 2.24) is 19.6 Å². The highest BCUT2D eigenvalue weighted by atomic mass is 32.2. The van der Waals surface area contributed by atoms with Crippen LogP contribution in [0.25, 0.3) is 0 Å². The molecule has 2 aromatic carbocycles. The van der Waals surface area contributed by atoms with Crippen LogP contribution in [0.4, 0.5) is 0 Å². The number of aliphatic carboxylic acids is 1. The van der Waals surface area contributed by atoms with Gasteiger partial charge in [0.1, 0.15) is 14.7 Å². The smallest absolute Gasteiger partial charge is 0.328 e. The monoisotopic (exact) mass is 560 g/mol. The zero-order chi connectivity index (χ0) is 25.3. The second kappa shape index (κ2) is 13.7. The van der Waals surface area contributed by atoms with Crippen LogP contribution in [0.15, 0.2) is 60.7 Å². The molecule has 36 heavy (non-hydrogen) atoms. The molecule has 2 fully saturated rings. The Bertz CT molecular complexity index is 1030. The average molecular weight is 561 g/mol. The molecule has 10 heteroatoms. The number of thioether (sulfide) groups is 2. The van der Waals surface area contributed by atoms with E-state index >= 15 is 0 Å². The van der Waals surface area contributed by atoms with Gasteiger partial charge in [-0.25, -0.2) is 4.79 Å². The van der Waals surface area contributed by atoms with Crippen LogP contribution in [0.2, 0.25) is 0 Å². The molecule has 1 N–H and O–H groups in total. The van der Waals surface area contributed by atoms with Gasteiger partial charge < -0.3 is 14.9 Å². The Morgan fingerprint density at radius 1 is 0.833 bits per heavy atom. The van der Waals surface area contributed by atoms with Gasteiger partial charge in [-0.3, -0.25) is 9.80 Å². The first kappa shape index (κ1) is 27.3. The number of carboxylic acid groups (broad SMARTS) is 1. The maximum absolute atomic E-state index is 12.4. The molecule has 6 nitrogen and oxygen atoms in total. The first-order chi connectivity index (χ1) is 17.5. The van der Waals surface area contributed by atoms with Crippen LogP contribution >= 0.6 is 48.0 Å². The molecule has 0 amide bonds.